The predicted molar refractivity (Wildman–Crippen MR) is 94.1 cm³/mol. The molecule has 1 heterocycles. The zero-order valence-corrected chi connectivity index (χ0v) is 14.3. The summed E-state index contributed by atoms with van der Waals surface area (Å²) in [5.74, 6) is 0.0930. The molecule has 0 aliphatic rings. The van der Waals surface area contributed by atoms with Crippen molar-refractivity contribution in [2.75, 3.05) is 7.11 Å². The lowest BCUT2D eigenvalue weighted by molar-refractivity contribution is 0.0473. The molecule has 2 aromatic carbocycles. The van der Waals surface area contributed by atoms with E-state index in [1.807, 2.05) is 26.0 Å². The topological polar surface area (TPSA) is 65.7 Å². The molecule has 0 fully saturated rings. The van der Waals surface area contributed by atoms with E-state index in [0.29, 0.717) is 22.5 Å². The molecule has 25 heavy (non-hydrogen) atoms. The highest BCUT2D eigenvalue weighted by Crippen LogP contribution is 2.24. The van der Waals surface area contributed by atoms with Gasteiger partial charge < -0.3 is 13.9 Å². The Kier molecular flexibility index (Phi) is 4.57. The smallest absolute Gasteiger partial charge is 0.338 e. The van der Waals surface area contributed by atoms with Gasteiger partial charge in [0.1, 0.15) is 17.9 Å². The number of aryl methyl sites for hydroxylation is 2. The first-order chi connectivity index (χ1) is 12.0. The number of esters is 1. The summed E-state index contributed by atoms with van der Waals surface area (Å²) in [6.45, 7) is 3.83. The summed E-state index contributed by atoms with van der Waals surface area (Å²) in [6.07, 6.45) is 0. The summed E-state index contributed by atoms with van der Waals surface area (Å²) < 4.78 is 15.8. The van der Waals surface area contributed by atoms with Gasteiger partial charge in [-0.1, -0.05) is 18.2 Å². The van der Waals surface area contributed by atoms with Crippen LogP contribution in [0.2, 0.25) is 0 Å². The number of hydrogen-bond acceptors (Lipinski definition) is 5. The molecule has 0 amide bonds. The number of benzene rings is 2. The molecule has 128 valence electrons. The van der Waals surface area contributed by atoms with Gasteiger partial charge in [-0.2, -0.15) is 0 Å². The minimum atomic E-state index is -0.482. The standard InChI is InChI=1S/C20H18O5/c1-12-7-8-17-15(10-18(21)25-19(17)13(12)2)11-24-20(22)14-5-4-6-16(9-14)23-3/h4-10H,11H2,1-3H3. The second-order valence-electron chi connectivity index (χ2n) is 5.78. The van der Waals surface area contributed by atoms with E-state index in [1.165, 1.54) is 13.2 Å². The minimum absolute atomic E-state index is 0.0132. The van der Waals surface area contributed by atoms with E-state index >= 15 is 0 Å². The Morgan fingerprint density at radius 2 is 1.92 bits per heavy atom. The molecular formula is C20H18O5. The molecule has 5 heteroatoms. The van der Waals surface area contributed by atoms with Gasteiger partial charge in [-0.15, -0.1) is 0 Å². The largest absolute Gasteiger partial charge is 0.497 e. The Hall–Kier alpha value is -3.08. The number of rotatable bonds is 4. The van der Waals surface area contributed by atoms with Crippen LogP contribution in [0.1, 0.15) is 27.0 Å². The summed E-state index contributed by atoms with van der Waals surface area (Å²) in [4.78, 5) is 24.1. The normalized spacial score (nSPS) is 10.7. The fourth-order valence-electron chi connectivity index (χ4n) is 2.62. The van der Waals surface area contributed by atoms with Crippen molar-refractivity contribution in [2.45, 2.75) is 20.5 Å². The Balaban J connectivity index is 1.89. The third-order valence-electron chi connectivity index (χ3n) is 4.18. The van der Waals surface area contributed by atoms with Gasteiger partial charge in [-0.05, 0) is 43.2 Å². The van der Waals surface area contributed by atoms with E-state index in [1.54, 1.807) is 24.3 Å². The Bertz CT molecular complexity index is 1000. The monoisotopic (exact) mass is 338 g/mol. The number of ether oxygens (including phenoxy) is 2. The van der Waals surface area contributed by atoms with Crippen LogP contribution in [-0.2, 0) is 11.3 Å². The molecule has 3 rings (SSSR count). The van der Waals surface area contributed by atoms with Gasteiger partial charge in [0.05, 0.1) is 12.7 Å². The third-order valence-corrected chi connectivity index (χ3v) is 4.18. The van der Waals surface area contributed by atoms with Crippen molar-refractivity contribution in [3.05, 3.63) is 75.1 Å². The predicted octanol–water partition coefficient (Wildman–Crippen LogP) is 3.78. The summed E-state index contributed by atoms with van der Waals surface area (Å²) in [6, 6.07) is 11.9. The molecule has 0 saturated carbocycles. The van der Waals surface area contributed by atoms with Gasteiger partial charge in [0.25, 0.3) is 0 Å². The average Bonchev–Trinajstić information content (AvgIpc) is 2.62. The number of methoxy groups -OCH3 is 1. The van der Waals surface area contributed by atoms with Crippen molar-refractivity contribution in [3.8, 4) is 5.75 Å². The molecule has 0 aliphatic carbocycles. The van der Waals surface area contributed by atoms with Crippen LogP contribution in [0.3, 0.4) is 0 Å². The number of carbonyl (C=O) groups is 1. The molecule has 3 aromatic rings. The summed E-state index contributed by atoms with van der Waals surface area (Å²) in [7, 11) is 1.53. The minimum Gasteiger partial charge on any atom is -0.497 e. The van der Waals surface area contributed by atoms with E-state index in [-0.39, 0.29) is 6.61 Å². The van der Waals surface area contributed by atoms with Crippen LogP contribution >= 0.6 is 0 Å². The molecule has 1 aromatic heterocycles. The summed E-state index contributed by atoms with van der Waals surface area (Å²) in [5.41, 5.74) is 2.99. The van der Waals surface area contributed by atoms with Crippen LogP contribution in [0.25, 0.3) is 11.0 Å². The van der Waals surface area contributed by atoms with Crippen LogP contribution in [0.5, 0.6) is 5.75 Å². The Labute approximate surface area is 144 Å². The van der Waals surface area contributed by atoms with Crippen molar-refractivity contribution in [1.82, 2.24) is 0 Å². The van der Waals surface area contributed by atoms with Crippen molar-refractivity contribution >= 4 is 16.9 Å². The number of fused-ring (bicyclic) bond motifs is 1. The average molecular weight is 338 g/mol. The molecule has 0 spiro atoms. The van der Waals surface area contributed by atoms with E-state index < -0.39 is 11.6 Å². The molecule has 0 N–H and O–H groups in total. The molecule has 5 nitrogen and oxygen atoms in total. The lowest BCUT2D eigenvalue weighted by Gasteiger charge is -2.10. The van der Waals surface area contributed by atoms with Crippen molar-refractivity contribution in [2.24, 2.45) is 0 Å². The Morgan fingerprint density at radius 3 is 2.68 bits per heavy atom. The molecular weight excluding hydrogens is 320 g/mol. The van der Waals surface area contributed by atoms with Gasteiger partial charge in [-0.3, -0.25) is 0 Å². The second kappa shape index (κ2) is 6.81. The van der Waals surface area contributed by atoms with Crippen LogP contribution < -0.4 is 10.4 Å². The second-order valence-corrected chi connectivity index (χ2v) is 5.78. The first kappa shape index (κ1) is 16.8. The molecule has 0 saturated heterocycles. The van der Waals surface area contributed by atoms with E-state index in [2.05, 4.69) is 0 Å². The SMILES string of the molecule is COc1cccc(C(=O)OCc2cc(=O)oc3c(C)c(C)ccc23)c1. The molecule has 0 atom stereocenters. The fourth-order valence-corrected chi connectivity index (χ4v) is 2.62. The van der Waals surface area contributed by atoms with Crippen LogP contribution in [-0.4, -0.2) is 13.1 Å². The zero-order valence-electron chi connectivity index (χ0n) is 14.3. The van der Waals surface area contributed by atoms with Crippen LogP contribution in [0.4, 0.5) is 0 Å². The Morgan fingerprint density at radius 1 is 1.12 bits per heavy atom. The third kappa shape index (κ3) is 3.40. The maximum Gasteiger partial charge on any atom is 0.338 e. The van der Waals surface area contributed by atoms with Gasteiger partial charge in [0.15, 0.2) is 0 Å². The van der Waals surface area contributed by atoms with Gasteiger partial charge in [0.2, 0.25) is 0 Å². The van der Waals surface area contributed by atoms with Crippen molar-refractivity contribution < 1.29 is 18.7 Å². The first-order valence-electron chi connectivity index (χ1n) is 7.83. The quantitative estimate of drug-likeness (QED) is 0.535. The fraction of sp³-hybridized carbons (Fsp3) is 0.200. The maximum absolute atomic E-state index is 12.2. The van der Waals surface area contributed by atoms with Gasteiger partial charge in [0, 0.05) is 17.0 Å². The van der Waals surface area contributed by atoms with Crippen molar-refractivity contribution in [3.63, 3.8) is 0 Å². The highest BCUT2D eigenvalue weighted by molar-refractivity contribution is 5.90. The zero-order chi connectivity index (χ0) is 18.0. The van der Waals surface area contributed by atoms with E-state index in [4.69, 9.17) is 13.9 Å². The highest BCUT2D eigenvalue weighted by Gasteiger charge is 2.13. The number of carbonyl (C=O) groups excluding carboxylic acids is 1. The van der Waals surface area contributed by atoms with Crippen LogP contribution in [0.15, 0.2) is 51.7 Å². The molecule has 0 unspecified atom stereocenters. The van der Waals surface area contributed by atoms with Crippen molar-refractivity contribution in [1.29, 1.82) is 0 Å². The molecule has 0 aliphatic heterocycles. The molecule has 0 radical (unpaired) electrons. The van der Waals surface area contributed by atoms with Gasteiger partial charge in [-0.25, -0.2) is 9.59 Å². The number of hydrogen-bond donors (Lipinski definition) is 0. The van der Waals surface area contributed by atoms with Gasteiger partial charge >= 0.3 is 11.6 Å². The molecule has 0 bridgehead atoms. The summed E-state index contributed by atoms with van der Waals surface area (Å²) in [5, 5.41) is 0.765. The lowest BCUT2D eigenvalue weighted by Crippen LogP contribution is -2.08. The highest BCUT2D eigenvalue weighted by atomic mass is 16.5. The van der Waals surface area contributed by atoms with E-state index in [0.717, 1.165) is 16.5 Å². The van der Waals surface area contributed by atoms with Crippen LogP contribution in [0, 0.1) is 13.8 Å². The first-order valence-corrected chi connectivity index (χ1v) is 7.83. The van der Waals surface area contributed by atoms with E-state index in [9.17, 15) is 9.59 Å². The maximum atomic E-state index is 12.2. The lowest BCUT2D eigenvalue weighted by atomic mass is 10.0. The summed E-state index contributed by atoms with van der Waals surface area (Å²) >= 11 is 0.